The summed E-state index contributed by atoms with van der Waals surface area (Å²) in [7, 11) is 0. The summed E-state index contributed by atoms with van der Waals surface area (Å²) in [5, 5.41) is 7.50. The fraction of sp³-hybridized carbons (Fsp3) is 0.667. The minimum Gasteiger partial charge on any atom is -0.337 e. The second kappa shape index (κ2) is 8.05. The zero-order valence-corrected chi connectivity index (χ0v) is 12.7. The van der Waals surface area contributed by atoms with E-state index in [9.17, 15) is 4.79 Å². The molecule has 1 aromatic rings. The SMILES string of the molecule is CCC(CCN)N1CCCN(C(=O)c2ccnnc2)CC1. The molecule has 0 saturated carbocycles. The quantitative estimate of drug-likeness (QED) is 0.866. The molecule has 116 valence electrons. The fourth-order valence-electron chi connectivity index (χ4n) is 2.94. The van der Waals surface area contributed by atoms with E-state index in [1.165, 1.54) is 6.20 Å². The molecule has 0 spiro atoms. The van der Waals surface area contributed by atoms with Gasteiger partial charge in [-0.05, 0) is 31.9 Å². The van der Waals surface area contributed by atoms with Crippen molar-refractivity contribution in [1.82, 2.24) is 20.0 Å². The van der Waals surface area contributed by atoms with Crippen LogP contribution in [-0.2, 0) is 0 Å². The van der Waals surface area contributed by atoms with Gasteiger partial charge in [-0.2, -0.15) is 10.2 Å². The van der Waals surface area contributed by atoms with Gasteiger partial charge in [0.05, 0.1) is 18.0 Å². The topological polar surface area (TPSA) is 75.3 Å². The van der Waals surface area contributed by atoms with Gasteiger partial charge in [0.2, 0.25) is 0 Å². The minimum atomic E-state index is 0.0543. The number of aromatic nitrogens is 2. The van der Waals surface area contributed by atoms with E-state index in [2.05, 4.69) is 22.0 Å². The van der Waals surface area contributed by atoms with Crippen molar-refractivity contribution in [2.75, 3.05) is 32.7 Å². The van der Waals surface area contributed by atoms with Gasteiger partial charge in [-0.1, -0.05) is 6.92 Å². The van der Waals surface area contributed by atoms with Gasteiger partial charge in [-0.15, -0.1) is 0 Å². The predicted molar refractivity (Wildman–Crippen MR) is 81.9 cm³/mol. The van der Waals surface area contributed by atoms with Crippen LogP contribution < -0.4 is 5.73 Å². The Hall–Kier alpha value is -1.53. The van der Waals surface area contributed by atoms with Gasteiger partial charge in [0, 0.05) is 32.2 Å². The predicted octanol–water partition coefficient (Wildman–Crippen LogP) is 0.752. The number of nitrogens with zero attached hydrogens (tertiary/aromatic N) is 4. The first-order valence-corrected chi connectivity index (χ1v) is 7.76. The van der Waals surface area contributed by atoms with Crippen molar-refractivity contribution in [1.29, 1.82) is 0 Å². The molecule has 0 bridgehead atoms. The van der Waals surface area contributed by atoms with Crippen LogP contribution >= 0.6 is 0 Å². The van der Waals surface area contributed by atoms with Crippen LogP contribution in [0.3, 0.4) is 0 Å². The third kappa shape index (κ3) is 4.22. The lowest BCUT2D eigenvalue weighted by molar-refractivity contribution is 0.0756. The number of hydrogen-bond donors (Lipinski definition) is 1. The van der Waals surface area contributed by atoms with Crippen molar-refractivity contribution in [2.45, 2.75) is 32.2 Å². The molecule has 2 heterocycles. The van der Waals surface area contributed by atoms with Crippen molar-refractivity contribution in [3.05, 3.63) is 24.0 Å². The van der Waals surface area contributed by atoms with E-state index >= 15 is 0 Å². The highest BCUT2D eigenvalue weighted by atomic mass is 16.2. The lowest BCUT2D eigenvalue weighted by Crippen LogP contribution is -2.40. The van der Waals surface area contributed by atoms with Crippen LogP contribution in [0.4, 0.5) is 0 Å². The van der Waals surface area contributed by atoms with Crippen LogP contribution in [0.2, 0.25) is 0 Å². The summed E-state index contributed by atoms with van der Waals surface area (Å²) in [6.07, 6.45) is 6.24. The summed E-state index contributed by atoms with van der Waals surface area (Å²) < 4.78 is 0. The van der Waals surface area contributed by atoms with Crippen molar-refractivity contribution >= 4 is 5.91 Å². The van der Waals surface area contributed by atoms with E-state index in [4.69, 9.17) is 5.73 Å². The molecule has 0 aliphatic carbocycles. The monoisotopic (exact) mass is 291 g/mol. The molecular formula is C15H25N5O. The van der Waals surface area contributed by atoms with Crippen molar-refractivity contribution < 1.29 is 4.79 Å². The van der Waals surface area contributed by atoms with Crippen LogP contribution in [0.15, 0.2) is 18.5 Å². The minimum absolute atomic E-state index is 0.0543. The standard InChI is InChI=1S/C15H25N5O/c1-2-14(4-6-16)19-8-3-9-20(11-10-19)15(21)13-5-7-17-18-12-13/h5,7,12,14H,2-4,6,8-11,16H2,1H3. The molecule has 6 heteroatoms. The van der Waals surface area contributed by atoms with E-state index < -0.39 is 0 Å². The Bertz CT molecular complexity index is 439. The number of amides is 1. The Labute approximate surface area is 126 Å². The average Bonchev–Trinajstić information content (AvgIpc) is 2.78. The number of hydrogen-bond acceptors (Lipinski definition) is 5. The molecule has 21 heavy (non-hydrogen) atoms. The second-order valence-corrected chi connectivity index (χ2v) is 5.45. The molecule has 1 atom stereocenters. The summed E-state index contributed by atoms with van der Waals surface area (Å²) in [5.41, 5.74) is 6.32. The Morgan fingerprint density at radius 3 is 2.86 bits per heavy atom. The summed E-state index contributed by atoms with van der Waals surface area (Å²) in [6.45, 7) is 6.45. The first kappa shape index (κ1) is 15.9. The summed E-state index contributed by atoms with van der Waals surface area (Å²) >= 11 is 0. The number of rotatable bonds is 5. The second-order valence-electron chi connectivity index (χ2n) is 5.45. The Balaban J connectivity index is 1.96. The molecule has 0 aromatic carbocycles. The van der Waals surface area contributed by atoms with E-state index in [0.29, 0.717) is 11.6 Å². The van der Waals surface area contributed by atoms with Crippen molar-refractivity contribution in [3.63, 3.8) is 0 Å². The molecule has 6 nitrogen and oxygen atoms in total. The maximum Gasteiger partial charge on any atom is 0.255 e. The maximum atomic E-state index is 12.4. The lowest BCUT2D eigenvalue weighted by Gasteiger charge is -2.29. The Morgan fingerprint density at radius 2 is 2.19 bits per heavy atom. The fourth-order valence-corrected chi connectivity index (χ4v) is 2.94. The van der Waals surface area contributed by atoms with E-state index in [1.807, 2.05) is 4.90 Å². The first-order chi connectivity index (χ1) is 10.3. The van der Waals surface area contributed by atoms with Crippen LogP contribution in [0, 0.1) is 0 Å². The first-order valence-electron chi connectivity index (χ1n) is 7.76. The molecule has 0 radical (unpaired) electrons. The Kier molecular flexibility index (Phi) is 6.07. The molecular weight excluding hydrogens is 266 g/mol. The number of nitrogens with two attached hydrogens (primary N) is 1. The molecule has 1 aliphatic rings. The highest BCUT2D eigenvalue weighted by Gasteiger charge is 2.23. The number of carbonyl (C=O) groups excluding carboxylic acids is 1. The van der Waals surface area contributed by atoms with Crippen molar-refractivity contribution in [3.8, 4) is 0 Å². The molecule has 2 N–H and O–H groups in total. The van der Waals surface area contributed by atoms with E-state index in [0.717, 1.165) is 52.0 Å². The van der Waals surface area contributed by atoms with E-state index in [-0.39, 0.29) is 5.91 Å². The lowest BCUT2D eigenvalue weighted by atomic mass is 10.1. The molecule has 1 amide bonds. The zero-order chi connectivity index (χ0) is 15.1. The molecule has 1 aliphatic heterocycles. The van der Waals surface area contributed by atoms with Crippen LogP contribution in [0.5, 0.6) is 0 Å². The van der Waals surface area contributed by atoms with Gasteiger partial charge in [-0.25, -0.2) is 0 Å². The zero-order valence-electron chi connectivity index (χ0n) is 12.7. The highest BCUT2D eigenvalue weighted by Crippen LogP contribution is 2.14. The molecule has 1 fully saturated rings. The summed E-state index contributed by atoms with van der Waals surface area (Å²) in [5.74, 6) is 0.0543. The number of carbonyl (C=O) groups is 1. The maximum absolute atomic E-state index is 12.4. The molecule has 1 aromatic heterocycles. The van der Waals surface area contributed by atoms with Gasteiger partial charge in [0.1, 0.15) is 0 Å². The summed E-state index contributed by atoms with van der Waals surface area (Å²) in [6, 6.07) is 2.26. The van der Waals surface area contributed by atoms with Crippen LogP contribution in [0.1, 0.15) is 36.5 Å². The summed E-state index contributed by atoms with van der Waals surface area (Å²) in [4.78, 5) is 16.8. The molecule has 1 unspecified atom stereocenters. The van der Waals surface area contributed by atoms with Gasteiger partial charge >= 0.3 is 0 Å². The van der Waals surface area contributed by atoms with Gasteiger partial charge in [-0.3, -0.25) is 9.69 Å². The van der Waals surface area contributed by atoms with Crippen LogP contribution in [-0.4, -0.2) is 64.7 Å². The van der Waals surface area contributed by atoms with Crippen molar-refractivity contribution in [2.24, 2.45) is 5.73 Å². The van der Waals surface area contributed by atoms with E-state index in [1.54, 1.807) is 12.3 Å². The van der Waals surface area contributed by atoms with Gasteiger partial charge < -0.3 is 10.6 Å². The molecule has 2 rings (SSSR count). The Morgan fingerprint density at radius 1 is 1.33 bits per heavy atom. The van der Waals surface area contributed by atoms with Gasteiger partial charge in [0.25, 0.3) is 5.91 Å². The third-order valence-electron chi connectivity index (χ3n) is 4.14. The highest BCUT2D eigenvalue weighted by molar-refractivity contribution is 5.93. The molecule has 1 saturated heterocycles. The normalized spacial score (nSPS) is 18.3. The average molecular weight is 291 g/mol. The third-order valence-corrected chi connectivity index (χ3v) is 4.14. The van der Waals surface area contributed by atoms with Gasteiger partial charge in [0.15, 0.2) is 0 Å². The largest absolute Gasteiger partial charge is 0.337 e. The van der Waals surface area contributed by atoms with Crippen LogP contribution in [0.25, 0.3) is 0 Å². The smallest absolute Gasteiger partial charge is 0.255 e.